The lowest BCUT2D eigenvalue weighted by Crippen LogP contribution is -2.30. The predicted octanol–water partition coefficient (Wildman–Crippen LogP) is 1.65. The zero-order chi connectivity index (χ0) is 19.2. The lowest BCUT2D eigenvalue weighted by atomic mass is 10.2. The van der Waals surface area contributed by atoms with E-state index in [1.54, 1.807) is 36.4 Å². The molecule has 0 aromatic heterocycles. The Morgan fingerprint density at radius 2 is 1.88 bits per heavy atom. The van der Waals surface area contributed by atoms with E-state index in [9.17, 15) is 13.2 Å². The molecule has 2 aromatic carbocycles. The van der Waals surface area contributed by atoms with Crippen LogP contribution in [0, 0.1) is 12.3 Å². The summed E-state index contributed by atoms with van der Waals surface area (Å²) in [6.45, 7) is 0.171. The molecule has 0 radical (unpaired) electrons. The number of carbonyl (C=O) groups excluding carboxylic acids is 1. The highest BCUT2D eigenvalue weighted by molar-refractivity contribution is 7.89. The number of hydrogen-bond donors (Lipinski definition) is 2. The summed E-state index contributed by atoms with van der Waals surface area (Å²) in [5.41, 5.74) is 1.99. The van der Waals surface area contributed by atoms with Crippen LogP contribution in [-0.4, -0.2) is 39.3 Å². The number of sulfonamides is 1. The highest BCUT2D eigenvalue weighted by atomic mass is 32.2. The minimum atomic E-state index is -3.57. The maximum Gasteiger partial charge on any atom is 0.242 e. The Balaban J connectivity index is 1.99. The van der Waals surface area contributed by atoms with Crippen molar-refractivity contribution in [3.63, 3.8) is 0 Å². The van der Waals surface area contributed by atoms with Crippen LogP contribution in [0.15, 0.2) is 53.4 Å². The van der Waals surface area contributed by atoms with Crippen molar-refractivity contribution < 1.29 is 13.2 Å². The molecule has 1 amide bonds. The second-order valence-electron chi connectivity index (χ2n) is 5.75. The van der Waals surface area contributed by atoms with Gasteiger partial charge in [0.1, 0.15) is 0 Å². The van der Waals surface area contributed by atoms with E-state index < -0.39 is 10.0 Å². The van der Waals surface area contributed by atoms with Gasteiger partial charge in [-0.15, -0.1) is 6.42 Å². The van der Waals surface area contributed by atoms with Crippen molar-refractivity contribution in [3.8, 4) is 12.3 Å². The summed E-state index contributed by atoms with van der Waals surface area (Å²) >= 11 is 0. The fourth-order valence-corrected chi connectivity index (χ4v) is 3.37. The SMILES string of the molecule is C#Cc1cccc(NCC(=O)NCc2ccccc2S(=O)(=O)N(C)C)c1. The molecule has 0 aliphatic heterocycles. The quantitative estimate of drug-likeness (QED) is 0.726. The maximum atomic E-state index is 12.4. The van der Waals surface area contributed by atoms with Crippen LogP contribution in [0.5, 0.6) is 0 Å². The first-order chi connectivity index (χ1) is 12.3. The van der Waals surface area contributed by atoms with E-state index in [4.69, 9.17) is 6.42 Å². The minimum absolute atomic E-state index is 0.0522. The largest absolute Gasteiger partial charge is 0.376 e. The van der Waals surface area contributed by atoms with Gasteiger partial charge in [0.25, 0.3) is 0 Å². The van der Waals surface area contributed by atoms with Gasteiger partial charge in [-0.2, -0.15) is 0 Å². The van der Waals surface area contributed by atoms with E-state index in [0.717, 1.165) is 15.6 Å². The molecule has 2 N–H and O–H groups in total. The van der Waals surface area contributed by atoms with Gasteiger partial charge in [-0.05, 0) is 29.8 Å². The Morgan fingerprint density at radius 1 is 1.15 bits per heavy atom. The predicted molar refractivity (Wildman–Crippen MR) is 102 cm³/mol. The Labute approximate surface area is 154 Å². The van der Waals surface area contributed by atoms with Gasteiger partial charge in [0.2, 0.25) is 15.9 Å². The van der Waals surface area contributed by atoms with Crippen molar-refractivity contribution in [2.75, 3.05) is 26.0 Å². The molecular formula is C19H21N3O3S. The highest BCUT2D eigenvalue weighted by Gasteiger charge is 2.20. The number of benzene rings is 2. The van der Waals surface area contributed by atoms with Crippen molar-refractivity contribution in [3.05, 3.63) is 59.7 Å². The first-order valence-electron chi connectivity index (χ1n) is 7.92. The van der Waals surface area contributed by atoms with Gasteiger partial charge in [-0.3, -0.25) is 4.79 Å². The summed E-state index contributed by atoms with van der Waals surface area (Å²) in [5, 5.41) is 5.71. The molecule has 0 aliphatic carbocycles. The average molecular weight is 371 g/mol. The summed E-state index contributed by atoms with van der Waals surface area (Å²) in [6.07, 6.45) is 5.35. The molecule has 2 rings (SSSR count). The fourth-order valence-electron chi connectivity index (χ4n) is 2.26. The maximum absolute atomic E-state index is 12.4. The van der Waals surface area contributed by atoms with Crippen molar-refractivity contribution in [2.24, 2.45) is 0 Å². The molecule has 2 aromatic rings. The molecule has 0 aliphatic rings. The van der Waals surface area contributed by atoms with Crippen molar-refractivity contribution in [1.29, 1.82) is 0 Å². The molecule has 0 heterocycles. The number of carbonyl (C=O) groups is 1. The third-order valence-electron chi connectivity index (χ3n) is 3.69. The monoisotopic (exact) mass is 371 g/mol. The molecule has 6 nitrogen and oxygen atoms in total. The third kappa shape index (κ3) is 4.85. The van der Waals surface area contributed by atoms with Crippen LogP contribution in [-0.2, 0) is 21.4 Å². The summed E-state index contributed by atoms with van der Waals surface area (Å²) < 4.78 is 25.9. The second-order valence-corrected chi connectivity index (χ2v) is 7.87. The molecule has 0 fully saturated rings. The molecular weight excluding hydrogens is 350 g/mol. The number of terminal acetylenes is 1. The standard InChI is InChI=1S/C19H21N3O3S/c1-4-15-8-7-10-17(12-15)20-14-19(23)21-13-16-9-5-6-11-18(16)26(24,25)22(2)3/h1,5-12,20H,13-14H2,2-3H3,(H,21,23). The molecule has 0 unspecified atom stereocenters. The normalized spacial score (nSPS) is 11.0. The van der Waals surface area contributed by atoms with E-state index in [1.807, 2.05) is 6.07 Å². The van der Waals surface area contributed by atoms with E-state index >= 15 is 0 Å². The molecule has 136 valence electrons. The molecule has 0 atom stereocenters. The molecule has 0 saturated carbocycles. The van der Waals surface area contributed by atoms with Gasteiger partial charge in [-0.1, -0.05) is 30.2 Å². The number of anilines is 1. The van der Waals surface area contributed by atoms with Gasteiger partial charge in [0, 0.05) is 31.9 Å². The molecule has 7 heteroatoms. The highest BCUT2D eigenvalue weighted by Crippen LogP contribution is 2.18. The molecule has 0 bridgehead atoms. The van der Waals surface area contributed by atoms with Crippen LogP contribution < -0.4 is 10.6 Å². The van der Waals surface area contributed by atoms with E-state index in [-0.39, 0.29) is 23.9 Å². The number of nitrogens with one attached hydrogen (secondary N) is 2. The number of nitrogens with zero attached hydrogens (tertiary/aromatic N) is 1. The summed E-state index contributed by atoms with van der Waals surface area (Å²) in [5.74, 6) is 2.27. The Bertz CT molecular complexity index is 931. The van der Waals surface area contributed by atoms with Crippen molar-refractivity contribution in [2.45, 2.75) is 11.4 Å². The van der Waals surface area contributed by atoms with Crippen LogP contribution in [0.1, 0.15) is 11.1 Å². The lowest BCUT2D eigenvalue weighted by molar-refractivity contribution is -0.119. The second kappa shape index (κ2) is 8.52. The van der Waals surface area contributed by atoms with Crippen LogP contribution in [0.4, 0.5) is 5.69 Å². The third-order valence-corrected chi connectivity index (χ3v) is 5.61. The first-order valence-corrected chi connectivity index (χ1v) is 9.36. The zero-order valence-electron chi connectivity index (χ0n) is 14.7. The fraction of sp³-hybridized carbons (Fsp3) is 0.211. The van der Waals surface area contributed by atoms with Crippen LogP contribution >= 0.6 is 0 Å². The summed E-state index contributed by atoms with van der Waals surface area (Å²) in [7, 11) is -0.628. The number of amides is 1. The average Bonchev–Trinajstić information content (AvgIpc) is 2.65. The summed E-state index contributed by atoms with van der Waals surface area (Å²) in [4.78, 5) is 12.2. The topological polar surface area (TPSA) is 78.5 Å². The smallest absolute Gasteiger partial charge is 0.242 e. The Hall–Kier alpha value is -2.82. The zero-order valence-corrected chi connectivity index (χ0v) is 15.5. The Kier molecular flexibility index (Phi) is 6.39. The number of rotatable bonds is 7. The van der Waals surface area contributed by atoms with Gasteiger partial charge in [0.05, 0.1) is 11.4 Å². The molecule has 26 heavy (non-hydrogen) atoms. The van der Waals surface area contributed by atoms with Crippen LogP contribution in [0.2, 0.25) is 0 Å². The van der Waals surface area contributed by atoms with Crippen LogP contribution in [0.25, 0.3) is 0 Å². The van der Waals surface area contributed by atoms with Gasteiger partial charge in [0.15, 0.2) is 0 Å². The summed E-state index contributed by atoms with van der Waals surface area (Å²) in [6, 6.07) is 13.8. The molecule has 0 spiro atoms. The molecule has 0 saturated heterocycles. The first kappa shape index (κ1) is 19.5. The van der Waals surface area contributed by atoms with Crippen molar-refractivity contribution >= 4 is 21.6 Å². The van der Waals surface area contributed by atoms with Crippen molar-refractivity contribution in [1.82, 2.24) is 9.62 Å². The number of hydrogen-bond acceptors (Lipinski definition) is 4. The van der Waals surface area contributed by atoms with E-state index in [0.29, 0.717) is 5.56 Å². The van der Waals surface area contributed by atoms with E-state index in [1.165, 1.54) is 20.2 Å². The lowest BCUT2D eigenvalue weighted by Gasteiger charge is -2.15. The van der Waals surface area contributed by atoms with Gasteiger partial charge in [-0.25, -0.2) is 12.7 Å². The van der Waals surface area contributed by atoms with Gasteiger partial charge < -0.3 is 10.6 Å². The Morgan fingerprint density at radius 3 is 2.58 bits per heavy atom. The van der Waals surface area contributed by atoms with Crippen LogP contribution in [0.3, 0.4) is 0 Å². The van der Waals surface area contributed by atoms with E-state index in [2.05, 4.69) is 16.6 Å². The van der Waals surface area contributed by atoms with Gasteiger partial charge >= 0.3 is 0 Å². The minimum Gasteiger partial charge on any atom is -0.376 e.